The summed E-state index contributed by atoms with van der Waals surface area (Å²) in [5.74, 6) is 0.611. The Bertz CT molecular complexity index is 436. The Labute approximate surface area is 122 Å². The average Bonchev–Trinajstić information content (AvgIpc) is 2.46. The van der Waals surface area contributed by atoms with Gasteiger partial charge in [-0.15, -0.1) is 0 Å². The molecule has 1 aromatic rings. The number of anilines is 1. The maximum absolute atomic E-state index is 11.9. The highest BCUT2D eigenvalue weighted by atomic mass is 16.1. The fourth-order valence-electron chi connectivity index (χ4n) is 2.72. The number of benzene rings is 1. The molecule has 1 aliphatic rings. The van der Waals surface area contributed by atoms with Crippen LogP contribution in [0.5, 0.6) is 0 Å². The molecule has 0 atom stereocenters. The van der Waals surface area contributed by atoms with Gasteiger partial charge in [-0.25, -0.2) is 0 Å². The quantitative estimate of drug-likeness (QED) is 0.860. The van der Waals surface area contributed by atoms with Crippen LogP contribution in [-0.4, -0.2) is 18.5 Å². The Balaban J connectivity index is 1.79. The first-order chi connectivity index (χ1) is 9.65. The highest BCUT2D eigenvalue weighted by Gasteiger charge is 2.15. The molecule has 3 nitrogen and oxygen atoms in total. The summed E-state index contributed by atoms with van der Waals surface area (Å²) in [5, 5.41) is 6.34. The van der Waals surface area contributed by atoms with E-state index in [-0.39, 0.29) is 5.91 Å². The van der Waals surface area contributed by atoms with Crippen LogP contribution >= 0.6 is 0 Å². The minimum Gasteiger partial charge on any atom is -0.376 e. The van der Waals surface area contributed by atoms with Crippen molar-refractivity contribution in [2.75, 3.05) is 11.9 Å². The summed E-state index contributed by atoms with van der Waals surface area (Å²) in [4.78, 5) is 11.9. The first-order valence-corrected chi connectivity index (χ1v) is 7.78. The standard InChI is InChI=1S/C17H26N2O/c1-13(2)14-7-6-10-16(11-14)18-12-17(20)19-15-8-4-3-5-9-15/h6-7,10-11,13,15,18H,3-5,8-9,12H2,1-2H3,(H,19,20). The monoisotopic (exact) mass is 274 g/mol. The van der Waals surface area contributed by atoms with Crippen molar-refractivity contribution < 1.29 is 4.79 Å². The second-order valence-electron chi connectivity index (χ2n) is 6.04. The van der Waals surface area contributed by atoms with E-state index in [4.69, 9.17) is 0 Å². The Morgan fingerprint density at radius 1 is 1.25 bits per heavy atom. The van der Waals surface area contributed by atoms with Gasteiger partial charge >= 0.3 is 0 Å². The lowest BCUT2D eigenvalue weighted by atomic mass is 9.95. The van der Waals surface area contributed by atoms with Gasteiger partial charge in [-0.1, -0.05) is 45.2 Å². The molecule has 1 amide bonds. The summed E-state index contributed by atoms with van der Waals surface area (Å²) >= 11 is 0. The number of amides is 1. The van der Waals surface area contributed by atoms with Crippen LogP contribution in [0.3, 0.4) is 0 Å². The molecular weight excluding hydrogens is 248 g/mol. The number of nitrogens with one attached hydrogen (secondary N) is 2. The van der Waals surface area contributed by atoms with E-state index in [0.717, 1.165) is 18.5 Å². The first kappa shape index (κ1) is 14.9. The molecule has 0 aliphatic heterocycles. The summed E-state index contributed by atoms with van der Waals surface area (Å²) in [5.41, 5.74) is 2.32. The Hall–Kier alpha value is -1.51. The molecule has 2 N–H and O–H groups in total. The predicted octanol–water partition coefficient (Wildman–Crippen LogP) is 3.67. The van der Waals surface area contributed by atoms with Crippen molar-refractivity contribution in [3.63, 3.8) is 0 Å². The number of carbonyl (C=O) groups excluding carboxylic acids is 1. The van der Waals surface area contributed by atoms with Gasteiger partial charge < -0.3 is 10.6 Å². The van der Waals surface area contributed by atoms with Crippen molar-refractivity contribution in [3.05, 3.63) is 29.8 Å². The Morgan fingerprint density at radius 2 is 2.00 bits per heavy atom. The average molecular weight is 274 g/mol. The van der Waals surface area contributed by atoms with E-state index < -0.39 is 0 Å². The van der Waals surface area contributed by atoms with Crippen LogP contribution < -0.4 is 10.6 Å². The largest absolute Gasteiger partial charge is 0.376 e. The van der Waals surface area contributed by atoms with Gasteiger partial charge in [0.1, 0.15) is 0 Å². The van der Waals surface area contributed by atoms with E-state index in [9.17, 15) is 4.79 Å². The molecule has 0 radical (unpaired) electrons. The van der Waals surface area contributed by atoms with Crippen LogP contribution in [0.25, 0.3) is 0 Å². The molecule has 0 saturated heterocycles. The minimum absolute atomic E-state index is 0.104. The second-order valence-corrected chi connectivity index (χ2v) is 6.04. The summed E-state index contributed by atoms with van der Waals surface area (Å²) < 4.78 is 0. The van der Waals surface area contributed by atoms with Crippen molar-refractivity contribution in [1.82, 2.24) is 5.32 Å². The van der Waals surface area contributed by atoms with Gasteiger partial charge in [-0.05, 0) is 36.5 Å². The maximum atomic E-state index is 11.9. The fraction of sp³-hybridized carbons (Fsp3) is 0.588. The third-order valence-corrected chi connectivity index (χ3v) is 3.98. The van der Waals surface area contributed by atoms with Crippen LogP contribution in [0.15, 0.2) is 24.3 Å². The van der Waals surface area contributed by atoms with Crippen molar-refractivity contribution >= 4 is 11.6 Å². The molecular formula is C17H26N2O. The number of hydrogen-bond acceptors (Lipinski definition) is 2. The second kappa shape index (κ2) is 7.32. The van der Waals surface area contributed by atoms with Crippen LogP contribution in [0.4, 0.5) is 5.69 Å². The highest BCUT2D eigenvalue weighted by molar-refractivity contribution is 5.81. The SMILES string of the molecule is CC(C)c1cccc(NCC(=O)NC2CCCCC2)c1. The molecule has 1 aliphatic carbocycles. The lowest BCUT2D eigenvalue weighted by Gasteiger charge is -2.23. The van der Waals surface area contributed by atoms with Crippen LogP contribution in [0, 0.1) is 0 Å². The molecule has 20 heavy (non-hydrogen) atoms. The summed E-state index contributed by atoms with van der Waals surface area (Å²) in [6.07, 6.45) is 6.07. The highest BCUT2D eigenvalue weighted by Crippen LogP contribution is 2.19. The molecule has 0 heterocycles. The van der Waals surface area contributed by atoms with Crippen molar-refractivity contribution in [2.45, 2.75) is 57.9 Å². The predicted molar refractivity (Wildman–Crippen MR) is 84.0 cm³/mol. The zero-order chi connectivity index (χ0) is 14.4. The van der Waals surface area contributed by atoms with Crippen LogP contribution in [0.2, 0.25) is 0 Å². The lowest BCUT2D eigenvalue weighted by Crippen LogP contribution is -2.39. The van der Waals surface area contributed by atoms with E-state index in [1.807, 2.05) is 12.1 Å². The smallest absolute Gasteiger partial charge is 0.239 e. The zero-order valence-corrected chi connectivity index (χ0v) is 12.6. The van der Waals surface area contributed by atoms with Crippen LogP contribution in [-0.2, 0) is 4.79 Å². The minimum atomic E-state index is 0.104. The summed E-state index contributed by atoms with van der Waals surface area (Å²) in [6, 6.07) is 8.69. The molecule has 1 fully saturated rings. The van der Waals surface area contributed by atoms with E-state index >= 15 is 0 Å². The molecule has 3 heteroatoms. The third-order valence-electron chi connectivity index (χ3n) is 3.98. The van der Waals surface area contributed by atoms with E-state index in [2.05, 4.69) is 36.6 Å². The maximum Gasteiger partial charge on any atom is 0.239 e. The molecule has 0 unspecified atom stereocenters. The number of rotatable bonds is 5. The van der Waals surface area contributed by atoms with Gasteiger partial charge in [0.05, 0.1) is 6.54 Å². The molecule has 0 bridgehead atoms. The van der Waals surface area contributed by atoms with E-state index in [0.29, 0.717) is 18.5 Å². The van der Waals surface area contributed by atoms with E-state index in [1.54, 1.807) is 0 Å². The molecule has 0 spiro atoms. The lowest BCUT2D eigenvalue weighted by molar-refractivity contribution is -0.120. The molecule has 2 rings (SSSR count). The van der Waals surface area contributed by atoms with Crippen molar-refractivity contribution in [1.29, 1.82) is 0 Å². The zero-order valence-electron chi connectivity index (χ0n) is 12.6. The van der Waals surface area contributed by atoms with Gasteiger partial charge in [0.15, 0.2) is 0 Å². The first-order valence-electron chi connectivity index (χ1n) is 7.78. The fourth-order valence-corrected chi connectivity index (χ4v) is 2.72. The third kappa shape index (κ3) is 4.55. The normalized spacial score (nSPS) is 16.1. The summed E-state index contributed by atoms with van der Waals surface area (Å²) in [6.45, 7) is 4.71. The number of carbonyl (C=O) groups is 1. The van der Waals surface area contributed by atoms with Gasteiger partial charge in [0, 0.05) is 11.7 Å². The molecule has 110 valence electrons. The molecule has 1 aromatic carbocycles. The number of hydrogen-bond donors (Lipinski definition) is 2. The summed E-state index contributed by atoms with van der Waals surface area (Å²) in [7, 11) is 0. The van der Waals surface area contributed by atoms with Crippen molar-refractivity contribution in [3.8, 4) is 0 Å². The van der Waals surface area contributed by atoms with Gasteiger partial charge in [-0.2, -0.15) is 0 Å². The van der Waals surface area contributed by atoms with E-state index in [1.165, 1.54) is 24.8 Å². The Morgan fingerprint density at radius 3 is 2.70 bits per heavy atom. The van der Waals surface area contributed by atoms with Crippen LogP contribution in [0.1, 0.15) is 57.4 Å². The van der Waals surface area contributed by atoms with Crippen molar-refractivity contribution in [2.24, 2.45) is 0 Å². The molecule has 0 aromatic heterocycles. The van der Waals surface area contributed by atoms with Gasteiger partial charge in [-0.3, -0.25) is 4.79 Å². The Kier molecular flexibility index (Phi) is 5.45. The molecule has 1 saturated carbocycles. The topological polar surface area (TPSA) is 41.1 Å². The van der Waals surface area contributed by atoms with Gasteiger partial charge in [0.2, 0.25) is 5.91 Å². The van der Waals surface area contributed by atoms with Gasteiger partial charge in [0.25, 0.3) is 0 Å².